The van der Waals surface area contributed by atoms with Gasteiger partial charge < -0.3 is 10.1 Å². The fraction of sp³-hybridized carbons (Fsp3) is 0.812. The lowest BCUT2D eigenvalue weighted by atomic mass is 9.75. The Morgan fingerprint density at radius 1 is 1.52 bits per heavy atom. The molecular formula is C16H27N5O2. The molecule has 0 saturated carbocycles. The second-order valence-electron chi connectivity index (χ2n) is 7.07. The number of aromatic nitrogens is 3. The smallest absolute Gasteiger partial charge is 0.224 e. The van der Waals surface area contributed by atoms with E-state index in [1.165, 1.54) is 0 Å². The maximum absolute atomic E-state index is 12.4. The van der Waals surface area contributed by atoms with Gasteiger partial charge in [0.05, 0.1) is 25.3 Å². The van der Waals surface area contributed by atoms with Crippen molar-refractivity contribution in [2.24, 2.45) is 11.8 Å². The zero-order valence-corrected chi connectivity index (χ0v) is 14.2. The maximum atomic E-state index is 12.4. The molecule has 128 valence electrons. The third kappa shape index (κ3) is 3.72. The Hall–Kier alpha value is -1.47. The van der Waals surface area contributed by atoms with E-state index in [-0.39, 0.29) is 17.9 Å². The van der Waals surface area contributed by atoms with Crippen molar-refractivity contribution in [3.63, 3.8) is 0 Å². The highest BCUT2D eigenvalue weighted by Crippen LogP contribution is 2.36. The van der Waals surface area contributed by atoms with Crippen LogP contribution in [0.3, 0.4) is 0 Å². The molecule has 3 aliphatic heterocycles. The molecular weight excluding hydrogens is 294 g/mol. The predicted octanol–water partition coefficient (Wildman–Crippen LogP) is 0.660. The lowest BCUT2D eigenvalue weighted by molar-refractivity contribution is -0.133. The number of nitrogens with one attached hydrogen (secondary N) is 1. The number of carbonyl (C=O) groups is 1. The highest BCUT2D eigenvalue weighted by Gasteiger charge is 2.43. The van der Waals surface area contributed by atoms with Gasteiger partial charge in [-0.25, -0.2) is 0 Å². The molecule has 1 aromatic rings. The number of carbonyl (C=O) groups excluding carboxylic acids is 1. The molecule has 2 bridgehead atoms. The fourth-order valence-corrected chi connectivity index (χ4v) is 3.87. The molecule has 23 heavy (non-hydrogen) atoms. The van der Waals surface area contributed by atoms with Crippen molar-refractivity contribution in [3.8, 4) is 0 Å². The summed E-state index contributed by atoms with van der Waals surface area (Å²) in [5.41, 5.74) is 0.859. The van der Waals surface area contributed by atoms with Crippen molar-refractivity contribution in [2.45, 2.75) is 51.9 Å². The van der Waals surface area contributed by atoms with Gasteiger partial charge in [-0.2, -0.15) is 0 Å². The lowest BCUT2D eigenvalue weighted by Crippen LogP contribution is -2.58. The van der Waals surface area contributed by atoms with Crippen molar-refractivity contribution in [1.29, 1.82) is 0 Å². The van der Waals surface area contributed by atoms with Gasteiger partial charge in [0.25, 0.3) is 0 Å². The molecule has 1 N–H and O–H groups in total. The Balaban J connectivity index is 1.59. The molecule has 0 aliphatic carbocycles. The molecule has 3 fully saturated rings. The summed E-state index contributed by atoms with van der Waals surface area (Å²) in [4.78, 5) is 14.8. The predicted molar refractivity (Wildman–Crippen MR) is 85.6 cm³/mol. The normalized spacial score (nSPS) is 29.9. The summed E-state index contributed by atoms with van der Waals surface area (Å²) in [6.45, 7) is 7.32. The van der Waals surface area contributed by atoms with Crippen molar-refractivity contribution in [1.82, 2.24) is 25.2 Å². The SMILES string of the molecule is COCc1cn(C[C@H]2C[C@H]3CCN2C[C@@H]3C(=O)NC(C)C)nn1. The van der Waals surface area contributed by atoms with E-state index in [4.69, 9.17) is 4.74 Å². The summed E-state index contributed by atoms with van der Waals surface area (Å²) in [6.07, 6.45) is 4.14. The molecule has 3 aliphatic rings. The molecule has 4 atom stereocenters. The van der Waals surface area contributed by atoms with Crippen LogP contribution in [0.5, 0.6) is 0 Å². The fourth-order valence-electron chi connectivity index (χ4n) is 3.87. The van der Waals surface area contributed by atoms with Crippen molar-refractivity contribution < 1.29 is 9.53 Å². The molecule has 1 amide bonds. The zero-order chi connectivity index (χ0) is 16.4. The van der Waals surface area contributed by atoms with Gasteiger partial charge in [-0.3, -0.25) is 14.4 Å². The standard InChI is InChI=1S/C16H27N5O2/c1-11(2)17-16(22)15-9-20-5-4-12(15)6-14(20)8-21-7-13(10-23-3)18-19-21/h7,11-12,14-15H,4-6,8-10H2,1-3H3,(H,17,22)/t12-,14-,15+/m1/s1. The third-order valence-corrected chi connectivity index (χ3v) is 4.92. The Labute approximate surface area is 137 Å². The average molecular weight is 321 g/mol. The third-order valence-electron chi connectivity index (χ3n) is 4.92. The van der Waals surface area contributed by atoms with E-state index in [0.29, 0.717) is 18.6 Å². The molecule has 0 spiro atoms. The Morgan fingerprint density at radius 3 is 3.00 bits per heavy atom. The number of fused-ring (bicyclic) bond motifs is 3. The summed E-state index contributed by atoms with van der Waals surface area (Å²) in [6, 6.07) is 0.664. The highest BCUT2D eigenvalue weighted by molar-refractivity contribution is 5.79. The molecule has 4 heterocycles. The molecule has 4 rings (SSSR count). The van der Waals surface area contributed by atoms with Crippen molar-refractivity contribution in [2.75, 3.05) is 20.2 Å². The van der Waals surface area contributed by atoms with Crippen molar-refractivity contribution >= 4 is 5.91 Å². The largest absolute Gasteiger partial charge is 0.378 e. The maximum Gasteiger partial charge on any atom is 0.224 e. The van der Waals surface area contributed by atoms with E-state index < -0.39 is 0 Å². The van der Waals surface area contributed by atoms with Crippen LogP contribution in [0.2, 0.25) is 0 Å². The quantitative estimate of drug-likeness (QED) is 0.833. The van der Waals surface area contributed by atoms with Gasteiger partial charge in [-0.15, -0.1) is 5.10 Å². The zero-order valence-electron chi connectivity index (χ0n) is 14.2. The van der Waals surface area contributed by atoms with Crippen LogP contribution >= 0.6 is 0 Å². The van der Waals surface area contributed by atoms with Gasteiger partial charge in [0.1, 0.15) is 5.69 Å². The minimum absolute atomic E-state index is 0.141. The molecule has 7 nitrogen and oxygen atoms in total. The molecule has 0 radical (unpaired) electrons. The van der Waals surface area contributed by atoms with Crippen LogP contribution in [0.25, 0.3) is 0 Å². The van der Waals surface area contributed by atoms with E-state index in [1.807, 2.05) is 24.7 Å². The van der Waals surface area contributed by atoms with E-state index in [1.54, 1.807) is 7.11 Å². The van der Waals surface area contributed by atoms with Gasteiger partial charge in [-0.05, 0) is 39.2 Å². The first-order valence-corrected chi connectivity index (χ1v) is 8.49. The van der Waals surface area contributed by atoms with Gasteiger partial charge in [0.2, 0.25) is 5.91 Å². The Morgan fingerprint density at radius 2 is 2.35 bits per heavy atom. The van der Waals surface area contributed by atoms with E-state index in [9.17, 15) is 4.79 Å². The minimum atomic E-state index is 0.141. The number of nitrogens with zero attached hydrogens (tertiary/aromatic N) is 4. The first kappa shape index (κ1) is 16.4. The topological polar surface area (TPSA) is 72.3 Å². The average Bonchev–Trinajstić information content (AvgIpc) is 2.95. The van der Waals surface area contributed by atoms with Crippen LogP contribution in [0.1, 0.15) is 32.4 Å². The van der Waals surface area contributed by atoms with Crippen LogP contribution in [0, 0.1) is 11.8 Å². The summed E-state index contributed by atoms with van der Waals surface area (Å²) >= 11 is 0. The Kier molecular flexibility index (Phi) is 4.96. The van der Waals surface area contributed by atoms with Gasteiger partial charge in [0.15, 0.2) is 0 Å². The van der Waals surface area contributed by atoms with Gasteiger partial charge in [0, 0.05) is 25.7 Å². The van der Waals surface area contributed by atoms with Crippen LogP contribution in [0.15, 0.2) is 6.20 Å². The summed E-state index contributed by atoms with van der Waals surface area (Å²) < 4.78 is 6.99. The summed E-state index contributed by atoms with van der Waals surface area (Å²) in [7, 11) is 1.66. The second kappa shape index (κ2) is 6.97. The van der Waals surface area contributed by atoms with Gasteiger partial charge >= 0.3 is 0 Å². The van der Waals surface area contributed by atoms with Crippen LogP contribution in [0.4, 0.5) is 0 Å². The first-order chi connectivity index (χ1) is 11.1. The molecule has 0 aromatic carbocycles. The van der Waals surface area contributed by atoms with E-state index >= 15 is 0 Å². The van der Waals surface area contributed by atoms with Crippen LogP contribution < -0.4 is 5.32 Å². The summed E-state index contributed by atoms with van der Waals surface area (Å²) in [5.74, 6) is 0.851. The highest BCUT2D eigenvalue weighted by atomic mass is 16.5. The van der Waals surface area contributed by atoms with Crippen LogP contribution in [-0.4, -0.2) is 58.1 Å². The number of rotatable bonds is 6. The Bertz CT molecular complexity index is 544. The number of hydrogen-bond acceptors (Lipinski definition) is 5. The van der Waals surface area contributed by atoms with Crippen molar-refractivity contribution in [3.05, 3.63) is 11.9 Å². The lowest BCUT2D eigenvalue weighted by Gasteiger charge is -2.49. The minimum Gasteiger partial charge on any atom is -0.378 e. The van der Waals surface area contributed by atoms with Gasteiger partial charge in [-0.1, -0.05) is 5.21 Å². The molecule has 1 aromatic heterocycles. The monoisotopic (exact) mass is 321 g/mol. The number of piperidine rings is 3. The molecule has 1 unspecified atom stereocenters. The number of ether oxygens (including phenoxy) is 1. The number of methoxy groups -OCH3 is 1. The second-order valence-corrected chi connectivity index (χ2v) is 7.07. The first-order valence-electron chi connectivity index (χ1n) is 8.49. The number of hydrogen-bond donors (Lipinski definition) is 1. The van der Waals surface area contributed by atoms with E-state index in [0.717, 1.165) is 38.2 Å². The van der Waals surface area contributed by atoms with E-state index in [2.05, 4.69) is 20.5 Å². The van der Waals surface area contributed by atoms with Crippen LogP contribution in [-0.2, 0) is 22.7 Å². The summed E-state index contributed by atoms with van der Waals surface area (Å²) in [5, 5.41) is 11.4. The number of amides is 1. The molecule has 3 saturated heterocycles. The molecule has 7 heteroatoms.